The fourth-order valence-electron chi connectivity index (χ4n) is 2.99. The van der Waals surface area contributed by atoms with Crippen molar-refractivity contribution in [2.24, 2.45) is 5.10 Å². The fraction of sp³-hybridized carbons (Fsp3) is 0.125. The number of benzene rings is 3. The molecule has 0 unspecified atom stereocenters. The molecule has 0 saturated heterocycles. The normalized spacial score (nSPS) is 11.2. The van der Waals surface area contributed by atoms with Gasteiger partial charge in [0.2, 0.25) is 11.8 Å². The number of carbonyl (C=O) groups is 2. The average Bonchev–Trinajstić information content (AvgIpc) is 2.77. The van der Waals surface area contributed by atoms with E-state index in [2.05, 4.69) is 21.8 Å². The van der Waals surface area contributed by atoms with Crippen molar-refractivity contribution < 1.29 is 27.5 Å². The molecule has 0 radical (unpaired) electrons. The van der Waals surface area contributed by atoms with Crippen molar-refractivity contribution in [1.29, 1.82) is 0 Å². The lowest BCUT2D eigenvalue weighted by Crippen LogP contribution is -2.24. The minimum Gasteiger partial charge on any atom is -0.480 e. The lowest BCUT2D eigenvalue weighted by Gasteiger charge is -2.10. The van der Waals surface area contributed by atoms with E-state index in [-0.39, 0.29) is 12.3 Å². The standard InChI is InChI=1S/C24H18F3N3O3/c1-2-12-33-21-11-10-16-6-3-4-9-19(16)20(21)15-28-30-23(32)14-22(31)29-18-8-5-7-17(13-18)24(25,26)27/h1,3-11,13,15H,12,14H2,(H,29,31)(H,30,32). The Morgan fingerprint density at radius 1 is 1.06 bits per heavy atom. The number of hydrogen-bond acceptors (Lipinski definition) is 4. The van der Waals surface area contributed by atoms with Crippen LogP contribution in [-0.4, -0.2) is 24.6 Å². The molecular weight excluding hydrogens is 435 g/mol. The largest absolute Gasteiger partial charge is 0.480 e. The first-order valence-electron chi connectivity index (χ1n) is 9.65. The maximum atomic E-state index is 12.8. The summed E-state index contributed by atoms with van der Waals surface area (Å²) < 4.78 is 43.9. The molecule has 0 fully saturated rings. The molecule has 2 N–H and O–H groups in total. The van der Waals surface area contributed by atoms with E-state index >= 15 is 0 Å². The van der Waals surface area contributed by atoms with Crippen LogP contribution in [0.5, 0.6) is 5.75 Å². The summed E-state index contributed by atoms with van der Waals surface area (Å²) >= 11 is 0. The highest BCUT2D eigenvalue weighted by Gasteiger charge is 2.30. The zero-order valence-corrected chi connectivity index (χ0v) is 17.1. The molecule has 2 amide bonds. The molecule has 3 aromatic carbocycles. The number of rotatable bonds is 7. The molecule has 6 nitrogen and oxygen atoms in total. The zero-order valence-electron chi connectivity index (χ0n) is 17.1. The molecule has 3 aromatic rings. The average molecular weight is 453 g/mol. The first kappa shape index (κ1) is 23.3. The molecule has 0 saturated carbocycles. The molecule has 0 aromatic heterocycles. The molecule has 33 heavy (non-hydrogen) atoms. The number of hydrazone groups is 1. The molecule has 9 heteroatoms. The molecule has 168 valence electrons. The van der Waals surface area contributed by atoms with Gasteiger partial charge in [0.05, 0.1) is 11.8 Å². The highest BCUT2D eigenvalue weighted by atomic mass is 19.4. The monoisotopic (exact) mass is 453 g/mol. The Balaban J connectivity index is 1.65. The van der Waals surface area contributed by atoms with Crippen molar-refractivity contribution in [3.63, 3.8) is 0 Å². The van der Waals surface area contributed by atoms with Crippen LogP contribution in [0.4, 0.5) is 18.9 Å². The third-order valence-electron chi connectivity index (χ3n) is 4.42. The van der Waals surface area contributed by atoms with Crippen LogP contribution in [0.25, 0.3) is 10.8 Å². The number of anilines is 1. The Morgan fingerprint density at radius 3 is 2.61 bits per heavy atom. The second-order valence-corrected chi connectivity index (χ2v) is 6.79. The second kappa shape index (κ2) is 10.3. The number of amides is 2. The van der Waals surface area contributed by atoms with E-state index in [1.807, 2.05) is 30.3 Å². The predicted molar refractivity (Wildman–Crippen MR) is 119 cm³/mol. The summed E-state index contributed by atoms with van der Waals surface area (Å²) in [5, 5.41) is 7.87. The number of carbonyl (C=O) groups excluding carboxylic acids is 2. The summed E-state index contributed by atoms with van der Waals surface area (Å²) in [6.07, 6.45) is 1.44. The Kier molecular flexibility index (Phi) is 7.31. The number of nitrogens with one attached hydrogen (secondary N) is 2. The molecule has 0 spiro atoms. The predicted octanol–water partition coefficient (Wildman–Crippen LogP) is 4.35. The van der Waals surface area contributed by atoms with E-state index < -0.39 is 30.0 Å². The fourth-order valence-corrected chi connectivity index (χ4v) is 2.99. The van der Waals surface area contributed by atoms with Gasteiger partial charge in [0.1, 0.15) is 18.8 Å². The Bertz CT molecular complexity index is 1250. The Hall–Kier alpha value is -4.32. The van der Waals surface area contributed by atoms with Crippen molar-refractivity contribution >= 4 is 34.5 Å². The highest BCUT2D eigenvalue weighted by Crippen LogP contribution is 2.30. The number of terminal acetylenes is 1. The van der Waals surface area contributed by atoms with E-state index in [9.17, 15) is 22.8 Å². The van der Waals surface area contributed by atoms with Crippen molar-refractivity contribution in [2.75, 3.05) is 11.9 Å². The van der Waals surface area contributed by atoms with Crippen molar-refractivity contribution in [2.45, 2.75) is 12.6 Å². The quantitative estimate of drug-likeness (QED) is 0.242. The Labute approximate surface area is 187 Å². The molecule has 0 heterocycles. The van der Waals surface area contributed by atoms with E-state index in [1.165, 1.54) is 12.3 Å². The number of fused-ring (bicyclic) bond motifs is 1. The Morgan fingerprint density at radius 2 is 1.85 bits per heavy atom. The van der Waals surface area contributed by atoms with Gasteiger partial charge in [-0.15, -0.1) is 6.42 Å². The third kappa shape index (κ3) is 6.33. The molecule has 0 bridgehead atoms. The van der Waals surface area contributed by atoms with Crippen LogP contribution in [0.2, 0.25) is 0 Å². The lowest BCUT2D eigenvalue weighted by molar-refractivity contribution is -0.137. The van der Waals surface area contributed by atoms with Crippen LogP contribution >= 0.6 is 0 Å². The maximum Gasteiger partial charge on any atom is 0.416 e. The minimum absolute atomic E-state index is 0.0429. The smallest absolute Gasteiger partial charge is 0.416 e. The number of hydrogen-bond donors (Lipinski definition) is 2. The maximum absolute atomic E-state index is 12.8. The van der Waals surface area contributed by atoms with Gasteiger partial charge < -0.3 is 10.1 Å². The SMILES string of the molecule is C#CCOc1ccc2ccccc2c1C=NNC(=O)CC(=O)Nc1cccc(C(F)(F)F)c1. The van der Waals surface area contributed by atoms with Gasteiger partial charge in [-0.1, -0.05) is 42.3 Å². The van der Waals surface area contributed by atoms with E-state index in [0.717, 1.165) is 29.0 Å². The van der Waals surface area contributed by atoms with Crippen molar-refractivity contribution in [3.8, 4) is 18.1 Å². The molecule has 0 aliphatic carbocycles. The van der Waals surface area contributed by atoms with Crippen LogP contribution in [-0.2, 0) is 15.8 Å². The summed E-state index contributed by atoms with van der Waals surface area (Å²) in [5.74, 6) is 1.31. The van der Waals surface area contributed by atoms with Gasteiger partial charge in [-0.2, -0.15) is 18.3 Å². The second-order valence-electron chi connectivity index (χ2n) is 6.79. The summed E-state index contributed by atoms with van der Waals surface area (Å²) in [6.45, 7) is 0.0429. The number of nitrogens with zero attached hydrogens (tertiary/aromatic N) is 1. The van der Waals surface area contributed by atoms with Gasteiger partial charge in [0.15, 0.2) is 0 Å². The zero-order chi connectivity index (χ0) is 23.8. The lowest BCUT2D eigenvalue weighted by atomic mass is 10.0. The highest BCUT2D eigenvalue weighted by molar-refractivity contribution is 6.05. The van der Waals surface area contributed by atoms with E-state index in [1.54, 1.807) is 6.07 Å². The van der Waals surface area contributed by atoms with Crippen molar-refractivity contribution in [3.05, 3.63) is 71.8 Å². The van der Waals surface area contributed by atoms with Crippen LogP contribution < -0.4 is 15.5 Å². The van der Waals surface area contributed by atoms with Gasteiger partial charge in [-0.25, -0.2) is 5.43 Å². The summed E-state index contributed by atoms with van der Waals surface area (Å²) in [5.41, 5.74) is 1.82. The van der Waals surface area contributed by atoms with Crippen LogP contribution in [0, 0.1) is 12.3 Å². The molecular formula is C24H18F3N3O3. The topological polar surface area (TPSA) is 79.8 Å². The van der Waals surface area contributed by atoms with Crippen LogP contribution in [0.1, 0.15) is 17.5 Å². The van der Waals surface area contributed by atoms with Gasteiger partial charge in [-0.3, -0.25) is 9.59 Å². The molecule has 0 aliphatic heterocycles. The number of alkyl halides is 3. The summed E-state index contributed by atoms with van der Waals surface area (Å²) in [7, 11) is 0. The molecule has 0 atom stereocenters. The van der Waals surface area contributed by atoms with Gasteiger partial charge in [-0.05, 0) is 35.0 Å². The number of halogens is 3. The first-order valence-corrected chi connectivity index (χ1v) is 9.65. The number of ether oxygens (including phenoxy) is 1. The molecule has 3 rings (SSSR count). The van der Waals surface area contributed by atoms with E-state index in [0.29, 0.717) is 11.3 Å². The van der Waals surface area contributed by atoms with Crippen LogP contribution in [0.3, 0.4) is 0 Å². The third-order valence-corrected chi connectivity index (χ3v) is 4.42. The van der Waals surface area contributed by atoms with Crippen LogP contribution in [0.15, 0.2) is 65.8 Å². The summed E-state index contributed by atoms with van der Waals surface area (Å²) in [4.78, 5) is 24.1. The van der Waals surface area contributed by atoms with Crippen molar-refractivity contribution in [1.82, 2.24) is 5.43 Å². The summed E-state index contributed by atoms with van der Waals surface area (Å²) in [6, 6.07) is 15.2. The van der Waals surface area contributed by atoms with E-state index in [4.69, 9.17) is 11.2 Å². The molecule has 0 aliphatic rings. The minimum atomic E-state index is -4.54. The van der Waals surface area contributed by atoms with Gasteiger partial charge in [0.25, 0.3) is 0 Å². The van der Waals surface area contributed by atoms with Gasteiger partial charge in [0, 0.05) is 11.3 Å². The first-order chi connectivity index (χ1) is 15.8. The van der Waals surface area contributed by atoms with Gasteiger partial charge >= 0.3 is 6.18 Å².